The first-order valence-electron chi connectivity index (χ1n) is 12.0. The molecule has 3 fully saturated rings. The van der Waals surface area contributed by atoms with E-state index in [1.165, 1.54) is 6.39 Å². The van der Waals surface area contributed by atoms with Crippen molar-refractivity contribution >= 4 is 16.7 Å². The van der Waals surface area contributed by atoms with E-state index in [4.69, 9.17) is 4.42 Å². The first-order chi connectivity index (χ1) is 15.2. The highest BCUT2D eigenvalue weighted by Gasteiger charge is 2.69. The largest absolute Gasteiger partial charge is 0.443 e. The van der Waals surface area contributed by atoms with Gasteiger partial charge in [-0.3, -0.25) is 0 Å². The number of nitrogens with zero attached hydrogens (tertiary/aromatic N) is 1. The van der Waals surface area contributed by atoms with E-state index in [2.05, 4.69) is 18.0 Å². The number of halogens is 2. The first-order valence-corrected chi connectivity index (χ1v) is 12.0. The van der Waals surface area contributed by atoms with Crippen LogP contribution in [-0.2, 0) is 0 Å². The first kappa shape index (κ1) is 20.8. The maximum atomic E-state index is 16.7. The predicted molar refractivity (Wildman–Crippen MR) is 117 cm³/mol. The normalized spacial score (nSPS) is 46.2. The van der Waals surface area contributed by atoms with Crippen LogP contribution in [0.2, 0.25) is 0 Å². The third-order valence-electron chi connectivity index (χ3n) is 9.58. The molecule has 1 aromatic carbocycles. The van der Waals surface area contributed by atoms with Gasteiger partial charge in [-0.1, -0.05) is 19.1 Å². The van der Waals surface area contributed by atoms with Gasteiger partial charge in [0.15, 0.2) is 12.0 Å². The maximum absolute atomic E-state index is 16.7. The number of fused-ring (bicyclic) bond motifs is 5. The SMILES string of the molecule is CC12CCC3(F)CC4(F)CC(O)CCC4CC[C@]3(O)C1CC=C2c1ccc2ncoc2c1. The highest BCUT2D eigenvalue weighted by molar-refractivity contribution is 5.81. The summed E-state index contributed by atoms with van der Waals surface area (Å²) in [7, 11) is 0. The summed E-state index contributed by atoms with van der Waals surface area (Å²) in [4.78, 5) is 4.19. The van der Waals surface area contributed by atoms with Gasteiger partial charge in [-0.15, -0.1) is 0 Å². The molecule has 2 aromatic rings. The number of hydrogen-bond donors (Lipinski definition) is 2. The molecule has 0 aliphatic heterocycles. The monoisotopic (exact) mass is 443 g/mol. The van der Waals surface area contributed by atoms with Crippen molar-refractivity contribution in [1.29, 1.82) is 0 Å². The van der Waals surface area contributed by atoms with Crippen LogP contribution in [0.15, 0.2) is 35.1 Å². The summed E-state index contributed by atoms with van der Waals surface area (Å²) in [6.07, 6.45) is 5.67. The van der Waals surface area contributed by atoms with Gasteiger partial charge in [-0.05, 0) is 79.5 Å². The van der Waals surface area contributed by atoms with Crippen LogP contribution < -0.4 is 0 Å². The lowest BCUT2D eigenvalue weighted by Crippen LogP contribution is -2.63. The summed E-state index contributed by atoms with van der Waals surface area (Å²) in [5.74, 6) is -0.593. The molecule has 172 valence electrons. The van der Waals surface area contributed by atoms with E-state index in [1.54, 1.807) is 0 Å². The van der Waals surface area contributed by atoms with Gasteiger partial charge in [0, 0.05) is 18.8 Å². The van der Waals surface area contributed by atoms with Crippen LogP contribution in [-0.4, -0.2) is 38.2 Å². The Labute approximate surface area is 186 Å². The van der Waals surface area contributed by atoms with E-state index in [9.17, 15) is 10.2 Å². The molecule has 4 nitrogen and oxygen atoms in total. The topological polar surface area (TPSA) is 66.5 Å². The highest BCUT2D eigenvalue weighted by Crippen LogP contribution is 2.67. The lowest BCUT2D eigenvalue weighted by molar-refractivity contribution is -0.201. The van der Waals surface area contributed by atoms with E-state index in [1.807, 2.05) is 18.2 Å². The number of aliphatic hydroxyl groups is 2. The molecule has 1 heterocycles. The Kier molecular flexibility index (Phi) is 4.31. The third kappa shape index (κ3) is 2.68. The number of rotatable bonds is 1. The Balaban J connectivity index is 1.37. The second-order valence-electron chi connectivity index (χ2n) is 11.1. The predicted octanol–water partition coefficient (Wildman–Crippen LogP) is 5.52. The van der Waals surface area contributed by atoms with Crippen LogP contribution in [0.5, 0.6) is 0 Å². The smallest absolute Gasteiger partial charge is 0.181 e. The van der Waals surface area contributed by atoms with E-state index in [0.29, 0.717) is 37.7 Å². The third-order valence-corrected chi connectivity index (χ3v) is 9.58. The van der Waals surface area contributed by atoms with Crippen molar-refractivity contribution in [3.8, 4) is 0 Å². The van der Waals surface area contributed by atoms with Crippen LogP contribution in [0.4, 0.5) is 8.78 Å². The van der Waals surface area contributed by atoms with Crippen LogP contribution in [0.3, 0.4) is 0 Å². The van der Waals surface area contributed by atoms with Crippen molar-refractivity contribution in [2.75, 3.05) is 0 Å². The van der Waals surface area contributed by atoms with Gasteiger partial charge in [0.2, 0.25) is 0 Å². The molecule has 4 aliphatic carbocycles. The Bertz CT molecular complexity index is 1100. The van der Waals surface area contributed by atoms with Crippen LogP contribution in [0, 0.1) is 17.3 Å². The number of aromatic nitrogens is 1. The molecular weight excluding hydrogens is 412 g/mol. The van der Waals surface area contributed by atoms with Gasteiger partial charge in [0.05, 0.1) is 6.10 Å². The number of allylic oxidation sites excluding steroid dienone is 2. The van der Waals surface area contributed by atoms with Gasteiger partial charge < -0.3 is 14.6 Å². The van der Waals surface area contributed by atoms with E-state index >= 15 is 8.78 Å². The fraction of sp³-hybridized carbons (Fsp3) is 0.654. The zero-order valence-corrected chi connectivity index (χ0v) is 18.5. The second-order valence-corrected chi connectivity index (χ2v) is 11.1. The van der Waals surface area contributed by atoms with Crippen molar-refractivity contribution in [1.82, 2.24) is 4.98 Å². The van der Waals surface area contributed by atoms with Crippen molar-refractivity contribution < 1.29 is 23.4 Å². The number of oxazole rings is 1. The molecule has 0 spiro atoms. The number of aliphatic hydroxyl groups excluding tert-OH is 1. The number of alkyl halides is 2. The summed E-state index contributed by atoms with van der Waals surface area (Å²) in [5.41, 5.74) is -2.05. The lowest BCUT2D eigenvalue weighted by Gasteiger charge is -2.56. The minimum atomic E-state index is -1.98. The summed E-state index contributed by atoms with van der Waals surface area (Å²) in [6, 6.07) is 5.92. The average Bonchev–Trinajstić information content (AvgIpc) is 3.32. The van der Waals surface area contributed by atoms with E-state index in [-0.39, 0.29) is 37.5 Å². The molecule has 0 radical (unpaired) electrons. The van der Waals surface area contributed by atoms with Gasteiger partial charge >= 0.3 is 0 Å². The average molecular weight is 444 g/mol. The maximum Gasteiger partial charge on any atom is 0.181 e. The molecule has 0 amide bonds. The van der Waals surface area contributed by atoms with Crippen LogP contribution in [0.1, 0.15) is 70.3 Å². The molecule has 1 aromatic heterocycles. The van der Waals surface area contributed by atoms with E-state index in [0.717, 1.165) is 16.7 Å². The molecule has 7 atom stereocenters. The molecule has 0 bridgehead atoms. The number of benzene rings is 1. The molecule has 32 heavy (non-hydrogen) atoms. The van der Waals surface area contributed by atoms with Gasteiger partial charge in [-0.25, -0.2) is 13.8 Å². The second kappa shape index (κ2) is 6.63. The molecule has 6 rings (SSSR count). The quantitative estimate of drug-likeness (QED) is 0.609. The molecule has 3 saturated carbocycles. The summed E-state index contributed by atoms with van der Waals surface area (Å²) < 4.78 is 38.3. The zero-order valence-electron chi connectivity index (χ0n) is 18.5. The Morgan fingerprint density at radius 1 is 1.12 bits per heavy atom. The summed E-state index contributed by atoms with van der Waals surface area (Å²) in [6.45, 7) is 2.13. The van der Waals surface area contributed by atoms with Gasteiger partial charge in [0.25, 0.3) is 0 Å². The Hall–Kier alpha value is -1.79. The molecular formula is C26H31F2NO3. The number of hydrogen-bond acceptors (Lipinski definition) is 4. The Morgan fingerprint density at radius 3 is 2.81 bits per heavy atom. The van der Waals surface area contributed by atoms with Crippen molar-refractivity contribution in [2.45, 2.75) is 87.8 Å². The van der Waals surface area contributed by atoms with E-state index < -0.39 is 28.5 Å². The van der Waals surface area contributed by atoms with Crippen molar-refractivity contribution in [3.63, 3.8) is 0 Å². The van der Waals surface area contributed by atoms with Crippen molar-refractivity contribution in [2.24, 2.45) is 17.3 Å². The molecule has 2 N–H and O–H groups in total. The fourth-order valence-corrected chi connectivity index (χ4v) is 7.84. The van der Waals surface area contributed by atoms with Crippen molar-refractivity contribution in [3.05, 3.63) is 36.2 Å². The highest BCUT2D eigenvalue weighted by atomic mass is 19.2. The molecule has 4 aliphatic rings. The van der Waals surface area contributed by atoms with Crippen LogP contribution >= 0.6 is 0 Å². The van der Waals surface area contributed by atoms with Gasteiger partial charge in [0.1, 0.15) is 22.5 Å². The molecule has 0 saturated heterocycles. The van der Waals surface area contributed by atoms with Gasteiger partial charge in [-0.2, -0.15) is 0 Å². The summed E-state index contributed by atoms with van der Waals surface area (Å²) >= 11 is 0. The minimum Gasteiger partial charge on any atom is -0.443 e. The summed E-state index contributed by atoms with van der Waals surface area (Å²) in [5, 5.41) is 22.1. The fourth-order valence-electron chi connectivity index (χ4n) is 7.84. The minimum absolute atomic E-state index is 0.0119. The zero-order chi connectivity index (χ0) is 22.4. The molecule has 6 unspecified atom stereocenters. The Morgan fingerprint density at radius 2 is 1.97 bits per heavy atom. The van der Waals surface area contributed by atoms with Crippen LogP contribution in [0.25, 0.3) is 16.7 Å². The molecule has 6 heteroatoms. The lowest BCUT2D eigenvalue weighted by atomic mass is 9.52. The standard InChI is InChI=1S/C26H31F2NO3/c1-23-10-11-25(28)14-24(27)13-18(30)4-3-17(24)8-9-26(25,31)22(23)7-5-19(23)16-2-6-20-21(12-16)32-15-29-20/h2,5-6,12,15,17-18,22,30-31H,3-4,7-11,13-14H2,1H3/t17?,18?,22?,23?,24?,25?,26-/m0/s1.